The standard InChI is InChI=1S/C44H88N2O7/c1-4-7-10-13-16-17-22-29-39-50-43(48)51-41-31-24-28-33-45(36-38-47)32-25-21-18-23-30-40-52-44(49)53-42-37-46(34-26-19-14-11-8-5-2)35-27-20-15-12-9-6-3/h47H,4-42H2,1-3H3. The van der Waals surface area contributed by atoms with Gasteiger partial charge in [-0.15, -0.1) is 0 Å². The number of hydrogen-bond acceptors (Lipinski definition) is 9. The summed E-state index contributed by atoms with van der Waals surface area (Å²) in [5.41, 5.74) is 0. The smallest absolute Gasteiger partial charge is 0.434 e. The van der Waals surface area contributed by atoms with Crippen molar-refractivity contribution in [1.29, 1.82) is 0 Å². The highest BCUT2D eigenvalue weighted by Gasteiger charge is 2.10. The fraction of sp³-hybridized carbons (Fsp3) is 0.955. The molecule has 0 aliphatic heterocycles. The summed E-state index contributed by atoms with van der Waals surface area (Å²) in [5, 5.41) is 9.49. The van der Waals surface area contributed by atoms with E-state index in [1.165, 1.54) is 116 Å². The third-order valence-corrected chi connectivity index (χ3v) is 10.1. The predicted molar refractivity (Wildman–Crippen MR) is 221 cm³/mol. The molecule has 0 aromatic heterocycles. The zero-order valence-electron chi connectivity index (χ0n) is 35.4. The van der Waals surface area contributed by atoms with Gasteiger partial charge in [0.2, 0.25) is 0 Å². The first-order chi connectivity index (χ1) is 26.1. The number of ether oxygens (including phenoxy) is 4. The molecule has 0 amide bonds. The van der Waals surface area contributed by atoms with Gasteiger partial charge in [0, 0.05) is 13.1 Å². The maximum absolute atomic E-state index is 12.2. The zero-order valence-corrected chi connectivity index (χ0v) is 35.4. The van der Waals surface area contributed by atoms with E-state index in [9.17, 15) is 14.7 Å². The molecule has 1 N–H and O–H groups in total. The van der Waals surface area contributed by atoms with Crippen molar-refractivity contribution in [2.24, 2.45) is 0 Å². The highest BCUT2D eigenvalue weighted by Crippen LogP contribution is 2.11. The average Bonchev–Trinajstić information content (AvgIpc) is 3.15. The molecule has 0 saturated heterocycles. The Morgan fingerprint density at radius 1 is 0.340 bits per heavy atom. The maximum atomic E-state index is 12.2. The van der Waals surface area contributed by atoms with Crippen LogP contribution < -0.4 is 0 Å². The molecule has 0 bridgehead atoms. The molecule has 0 unspecified atom stereocenters. The number of carbonyl (C=O) groups excluding carboxylic acids is 2. The van der Waals surface area contributed by atoms with E-state index in [0.29, 0.717) is 33.0 Å². The molecule has 0 rings (SSSR count). The highest BCUT2D eigenvalue weighted by molar-refractivity contribution is 5.60. The Balaban J connectivity index is 3.86. The molecule has 0 aromatic rings. The van der Waals surface area contributed by atoms with Crippen LogP contribution in [0.25, 0.3) is 0 Å². The van der Waals surface area contributed by atoms with Crippen molar-refractivity contribution in [2.45, 2.75) is 201 Å². The number of nitrogens with zero attached hydrogens (tertiary/aromatic N) is 2. The second-order valence-electron chi connectivity index (χ2n) is 15.1. The normalized spacial score (nSPS) is 11.4. The van der Waals surface area contributed by atoms with Crippen molar-refractivity contribution >= 4 is 12.3 Å². The van der Waals surface area contributed by atoms with E-state index in [2.05, 4.69) is 30.6 Å². The highest BCUT2D eigenvalue weighted by atomic mass is 16.7. The first-order valence-electron chi connectivity index (χ1n) is 22.7. The van der Waals surface area contributed by atoms with Gasteiger partial charge in [0.15, 0.2) is 0 Å². The van der Waals surface area contributed by atoms with Crippen molar-refractivity contribution in [3.8, 4) is 0 Å². The summed E-state index contributed by atoms with van der Waals surface area (Å²) in [7, 11) is 0. The molecule has 9 nitrogen and oxygen atoms in total. The first-order valence-corrected chi connectivity index (χ1v) is 22.7. The molecule has 0 aliphatic carbocycles. The van der Waals surface area contributed by atoms with Crippen LogP contribution in [0.3, 0.4) is 0 Å². The van der Waals surface area contributed by atoms with Crippen LogP contribution in [0, 0.1) is 0 Å². The van der Waals surface area contributed by atoms with Crippen LogP contribution in [0.5, 0.6) is 0 Å². The third kappa shape index (κ3) is 39.9. The Hall–Kier alpha value is -1.58. The summed E-state index contributed by atoms with van der Waals surface area (Å²) in [6.07, 6.45) is 32.2. The van der Waals surface area contributed by atoms with E-state index in [4.69, 9.17) is 18.9 Å². The lowest BCUT2D eigenvalue weighted by molar-refractivity contribution is 0.0464. The summed E-state index contributed by atoms with van der Waals surface area (Å²) in [4.78, 5) is 28.8. The van der Waals surface area contributed by atoms with Gasteiger partial charge in [0.1, 0.15) is 6.61 Å². The second kappa shape index (κ2) is 43.2. The van der Waals surface area contributed by atoms with Gasteiger partial charge in [0.25, 0.3) is 0 Å². The van der Waals surface area contributed by atoms with Crippen molar-refractivity contribution in [3.63, 3.8) is 0 Å². The summed E-state index contributed by atoms with van der Waals surface area (Å²) < 4.78 is 21.2. The summed E-state index contributed by atoms with van der Waals surface area (Å²) in [6, 6.07) is 0. The molecule has 0 fully saturated rings. The number of aliphatic hydroxyl groups excluding tert-OH is 1. The number of rotatable bonds is 42. The molecular formula is C44H88N2O7. The molecule has 0 aliphatic rings. The monoisotopic (exact) mass is 757 g/mol. The predicted octanol–water partition coefficient (Wildman–Crippen LogP) is 11.9. The SMILES string of the molecule is CCCCCCCCCCOC(=O)OCCCCCN(CCO)CCCCCCCOC(=O)OCCN(CCCCCCCC)CCCCCCCC. The molecular weight excluding hydrogens is 668 g/mol. The van der Waals surface area contributed by atoms with Crippen LogP contribution in [0.1, 0.15) is 201 Å². The molecule has 0 heterocycles. The Kier molecular flexibility index (Phi) is 41.9. The van der Waals surface area contributed by atoms with Gasteiger partial charge in [-0.1, -0.05) is 149 Å². The molecule has 0 atom stereocenters. The summed E-state index contributed by atoms with van der Waals surface area (Å²) in [5.74, 6) is 0. The Bertz CT molecular complexity index is 741. The lowest BCUT2D eigenvalue weighted by Gasteiger charge is -2.22. The van der Waals surface area contributed by atoms with Crippen molar-refractivity contribution in [1.82, 2.24) is 9.80 Å². The Labute approximate surface area is 328 Å². The topological polar surface area (TPSA) is 97.8 Å². The Morgan fingerprint density at radius 2 is 0.604 bits per heavy atom. The molecule has 0 aromatic carbocycles. The minimum absolute atomic E-state index is 0.164. The largest absolute Gasteiger partial charge is 0.508 e. The van der Waals surface area contributed by atoms with Gasteiger partial charge in [-0.05, 0) is 77.5 Å². The van der Waals surface area contributed by atoms with Crippen molar-refractivity contribution < 1.29 is 33.6 Å². The fourth-order valence-electron chi connectivity index (χ4n) is 6.67. The van der Waals surface area contributed by atoms with Crippen LogP contribution in [-0.4, -0.2) is 99.5 Å². The molecule has 9 heteroatoms. The number of hydrogen-bond donors (Lipinski definition) is 1. The molecule has 0 spiro atoms. The summed E-state index contributed by atoms with van der Waals surface area (Å²) in [6.45, 7) is 14.1. The van der Waals surface area contributed by atoms with Gasteiger partial charge in [-0.3, -0.25) is 4.90 Å². The van der Waals surface area contributed by atoms with Crippen LogP contribution in [0.15, 0.2) is 0 Å². The quantitative estimate of drug-likeness (QED) is 0.0482. The van der Waals surface area contributed by atoms with Crippen LogP contribution in [0.4, 0.5) is 9.59 Å². The maximum Gasteiger partial charge on any atom is 0.508 e. The van der Waals surface area contributed by atoms with E-state index >= 15 is 0 Å². The van der Waals surface area contributed by atoms with Crippen molar-refractivity contribution in [3.05, 3.63) is 0 Å². The average molecular weight is 757 g/mol. The van der Waals surface area contributed by atoms with Gasteiger partial charge in [-0.25, -0.2) is 9.59 Å². The Morgan fingerprint density at radius 3 is 0.943 bits per heavy atom. The van der Waals surface area contributed by atoms with Gasteiger partial charge in [0.05, 0.1) is 26.4 Å². The number of unbranched alkanes of at least 4 members (excludes halogenated alkanes) is 23. The van der Waals surface area contributed by atoms with Gasteiger partial charge >= 0.3 is 12.3 Å². The van der Waals surface area contributed by atoms with E-state index in [1.54, 1.807) is 0 Å². The molecule has 0 saturated carbocycles. The van der Waals surface area contributed by atoms with Gasteiger partial charge in [-0.2, -0.15) is 0 Å². The fourth-order valence-corrected chi connectivity index (χ4v) is 6.67. The minimum Gasteiger partial charge on any atom is -0.434 e. The molecule has 0 radical (unpaired) electrons. The lowest BCUT2D eigenvalue weighted by Crippen LogP contribution is -2.30. The second-order valence-corrected chi connectivity index (χ2v) is 15.1. The van der Waals surface area contributed by atoms with Crippen LogP contribution in [0.2, 0.25) is 0 Å². The third-order valence-electron chi connectivity index (χ3n) is 10.1. The van der Waals surface area contributed by atoms with Gasteiger partial charge < -0.3 is 29.0 Å². The van der Waals surface area contributed by atoms with E-state index in [1.807, 2.05) is 0 Å². The van der Waals surface area contributed by atoms with Crippen molar-refractivity contribution in [2.75, 3.05) is 72.3 Å². The number of carbonyl (C=O) groups is 2. The first kappa shape index (κ1) is 51.4. The zero-order chi connectivity index (χ0) is 38.7. The summed E-state index contributed by atoms with van der Waals surface area (Å²) >= 11 is 0. The van der Waals surface area contributed by atoms with E-state index in [-0.39, 0.29) is 6.61 Å². The van der Waals surface area contributed by atoms with E-state index in [0.717, 1.165) is 96.9 Å². The lowest BCUT2D eigenvalue weighted by atomic mass is 10.1. The van der Waals surface area contributed by atoms with E-state index < -0.39 is 12.3 Å². The van der Waals surface area contributed by atoms with Crippen LogP contribution in [-0.2, 0) is 18.9 Å². The minimum atomic E-state index is -0.545. The molecule has 53 heavy (non-hydrogen) atoms. The number of aliphatic hydroxyl groups is 1. The molecule has 316 valence electrons. The van der Waals surface area contributed by atoms with Crippen LogP contribution >= 0.6 is 0 Å².